The number of amides is 1. The van der Waals surface area contributed by atoms with Crippen LogP contribution in [0.1, 0.15) is 19.3 Å². The van der Waals surface area contributed by atoms with Crippen LogP contribution in [-0.4, -0.2) is 67.3 Å². The molecule has 0 spiro atoms. The average molecular weight is 273 g/mol. The maximum atomic E-state index is 11.4. The minimum Gasteiger partial charge on any atom is -0.480 e. The van der Waals surface area contributed by atoms with Crippen LogP contribution in [0.25, 0.3) is 0 Å². The summed E-state index contributed by atoms with van der Waals surface area (Å²) in [5, 5.41) is 11.4. The van der Waals surface area contributed by atoms with Gasteiger partial charge in [0.25, 0.3) is 0 Å². The Kier molecular flexibility index (Phi) is 7.39. The Morgan fingerprint density at radius 3 is 2.68 bits per heavy atom. The van der Waals surface area contributed by atoms with Crippen molar-refractivity contribution >= 4 is 11.9 Å². The highest BCUT2D eigenvalue weighted by Crippen LogP contribution is 1.98. The topological polar surface area (TPSA) is 105 Å². The second-order valence-corrected chi connectivity index (χ2v) is 4.64. The van der Waals surface area contributed by atoms with Gasteiger partial charge in [0.15, 0.2) is 0 Å². The summed E-state index contributed by atoms with van der Waals surface area (Å²) in [5.74, 6) is -1.21. The molecule has 7 heteroatoms. The van der Waals surface area contributed by atoms with Gasteiger partial charge in [-0.15, -0.1) is 0 Å². The predicted molar refractivity (Wildman–Crippen MR) is 69.7 cm³/mol. The Balaban J connectivity index is 1.99. The Morgan fingerprint density at radius 2 is 2.05 bits per heavy atom. The third-order valence-electron chi connectivity index (χ3n) is 3.08. The molecule has 1 heterocycles. The number of aliphatic carboxylic acids is 1. The molecule has 0 saturated carbocycles. The molecule has 0 unspecified atom stereocenters. The van der Waals surface area contributed by atoms with Gasteiger partial charge in [0.1, 0.15) is 6.04 Å². The van der Waals surface area contributed by atoms with E-state index in [0.717, 1.165) is 39.3 Å². The van der Waals surface area contributed by atoms with Crippen molar-refractivity contribution in [1.29, 1.82) is 0 Å². The van der Waals surface area contributed by atoms with E-state index in [-0.39, 0.29) is 18.7 Å². The van der Waals surface area contributed by atoms with E-state index < -0.39 is 12.0 Å². The minimum atomic E-state index is -1.07. The molecule has 1 atom stereocenters. The third-order valence-corrected chi connectivity index (χ3v) is 3.08. The lowest BCUT2D eigenvalue weighted by molar-refractivity contribution is -0.138. The Morgan fingerprint density at radius 1 is 1.37 bits per heavy atom. The molecule has 4 N–H and O–H groups in total. The molecule has 19 heavy (non-hydrogen) atoms. The summed E-state index contributed by atoms with van der Waals surface area (Å²) >= 11 is 0. The first-order valence-corrected chi connectivity index (χ1v) is 6.65. The summed E-state index contributed by atoms with van der Waals surface area (Å²) < 4.78 is 5.25. The number of carbonyl (C=O) groups excluding carboxylic acids is 1. The highest BCUT2D eigenvalue weighted by molar-refractivity contribution is 5.78. The summed E-state index contributed by atoms with van der Waals surface area (Å²) in [6, 6.07) is -0.959. The van der Waals surface area contributed by atoms with Gasteiger partial charge in [-0.1, -0.05) is 0 Å². The number of hydrogen-bond donors (Lipinski definition) is 3. The molecule has 0 aromatic heterocycles. The number of ether oxygens (including phenoxy) is 1. The second kappa shape index (κ2) is 8.84. The Hall–Kier alpha value is -1.18. The van der Waals surface area contributed by atoms with Gasteiger partial charge in [0, 0.05) is 26.1 Å². The van der Waals surface area contributed by atoms with E-state index in [2.05, 4.69) is 10.2 Å². The van der Waals surface area contributed by atoms with E-state index in [1.165, 1.54) is 0 Å². The van der Waals surface area contributed by atoms with Gasteiger partial charge in [-0.3, -0.25) is 14.5 Å². The van der Waals surface area contributed by atoms with E-state index in [1.807, 2.05) is 0 Å². The first-order valence-electron chi connectivity index (χ1n) is 6.65. The lowest BCUT2D eigenvalue weighted by atomic mass is 10.1. The van der Waals surface area contributed by atoms with Crippen LogP contribution in [0.2, 0.25) is 0 Å². The standard InChI is InChI=1S/C12H23N3O4/c13-10(12(17)18)2-3-11(16)14-4-1-5-15-6-8-19-9-7-15/h10H,1-9,13H2,(H,14,16)(H,17,18)/t10-/m0/s1. The van der Waals surface area contributed by atoms with Crippen LogP contribution in [0, 0.1) is 0 Å². The third kappa shape index (κ3) is 7.09. The molecule has 1 aliphatic rings. The van der Waals surface area contributed by atoms with Gasteiger partial charge < -0.3 is 20.9 Å². The summed E-state index contributed by atoms with van der Waals surface area (Å²) in [6.45, 7) is 5.00. The summed E-state index contributed by atoms with van der Waals surface area (Å²) in [4.78, 5) is 24.2. The maximum Gasteiger partial charge on any atom is 0.320 e. The van der Waals surface area contributed by atoms with Crippen LogP contribution in [0.5, 0.6) is 0 Å². The number of carbonyl (C=O) groups is 2. The van der Waals surface area contributed by atoms with Crippen molar-refractivity contribution in [1.82, 2.24) is 10.2 Å². The van der Waals surface area contributed by atoms with Crippen molar-refractivity contribution in [2.45, 2.75) is 25.3 Å². The Labute approximate surface area is 113 Å². The van der Waals surface area contributed by atoms with Crippen molar-refractivity contribution in [2.24, 2.45) is 5.73 Å². The van der Waals surface area contributed by atoms with Crippen LogP contribution in [0.3, 0.4) is 0 Å². The summed E-state index contributed by atoms with van der Waals surface area (Å²) in [5.41, 5.74) is 5.32. The van der Waals surface area contributed by atoms with Crippen molar-refractivity contribution in [3.8, 4) is 0 Å². The molecule has 0 aromatic rings. The molecule has 7 nitrogen and oxygen atoms in total. The number of nitrogens with zero attached hydrogens (tertiary/aromatic N) is 1. The fraction of sp³-hybridized carbons (Fsp3) is 0.833. The monoisotopic (exact) mass is 273 g/mol. The molecule has 110 valence electrons. The molecule has 1 amide bonds. The zero-order valence-electron chi connectivity index (χ0n) is 11.1. The van der Waals surface area contributed by atoms with Crippen LogP contribution in [0.15, 0.2) is 0 Å². The molecule has 1 aliphatic heterocycles. The number of carboxylic acids is 1. The fourth-order valence-electron chi connectivity index (χ4n) is 1.85. The molecule has 0 aliphatic carbocycles. The van der Waals surface area contributed by atoms with Gasteiger partial charge in [0.2, 0.25) is 5.91 Å². The summed E-state index contributed by atoms with van der Waals surface area (Å²) in [7, 11) is 0. The number of carboxylic acid groups (broad SMARTS) is 1. The van der Waals surface area contributed by atoms with Gasteiger partial charge >= 0.3 is 5.97 Å². The average Bonchev–Trinajstić information content (AvgIpc) is 2.42. The first-order chi connectivity index (χ1) is 9.09. The smallest absolute Gasteiger partial charge is 0.320 e. The molecule has 0 aromatic carbocycles. The quantitative estimate of drug-likeness (QED) is 0.491. The van der Waals surface area contributed by atoms with Crippen molar-refractivity contribution in [2.75, 3.05) is 39.4 Å². The molecular formula is C12H23N3O4. The van der Waals surface area contributed by atoms with E-state index in [1.54, 1.807) is 0 Å². The maximum absolute atomic E-state index is 11.4. The highest BCUT2D eigenvalue weighted by Gasteiger charge is 2.13. The number of nitrogens with one attached hydrogen (secondary N) is 1. The SMILES string of the molecule is N[C@@H](CCC(=O)NCCCN1CCOCC1)C(=O)O. The van der Waals surface area contributed by atoms with Crippen LogP contribution in [0.4, 0.5) is 0 Å². The zero-order chi connectivity index (χ0) is 14.1. The molecule has 1 saturated heterocycles. The van der Waals surface area contributed by atoms with Crippen molar-refractivity contribution < 1.29 is 19.4 Å². The number of rotatable bonds is 8. The molecule has 1 fully saturated rings. The number of morpholine rings is 1. The number of hydrogen-bond acceptors (Lipinski definition) is 5. The lowest BCUT2D eigenvalue weighted by Crippen LogP contribution is -2.38. The molecular weight excluding hydrogens is 250 g/mol. The van der Waals surface area contributed by atoms with E-state index in [0.29, 0.717) is 6.54 Å². The Bertz CT molecular complexity index is 293. The molecule has 1 rings (SSSR count). The van der Waals surface area contributed by atoms with Gasteiger partial charge in [-0.05, 0) is 19.4 Å². The highest BCUT2D eigenvalue weighted by atomic mass is 16.5. The second-order valence-electron chi connectivity index (χ2n) is 4.64. The minimum absolute atomic E-state index is 0.140. The van der Waals surface area contributed by atoms with Crippen molar-refractivity contribution in [3.63, 3.8) is 0 Å². The summed E-state index contributed by atoms with van der Waals surface area (Å²) in [6.07, 6.45) is 1.21. The van der Waals surface area contributed by atoms with E-state index >= 15 is 0 Å². The normalized spacial score (nSPS) is 17.9. The predicted octanol–water partition coefficient (Wildman–Crippen LogP) is -0.983. The first kappa shape index (κ1) is 15.9. The van der Waals surface area contributed by atoms with Crippen molar-refractivity contribution in [3.05, 3.63) is 0 Å². The fourth-order valence-corrected chi connectivity index (χ4v) is 1.85. The van der Waals surface area contributed by atoms with E-state index in [9.17, 15) is 9.59 Å². The van der Waals surface area contributed by atoms with Gasteiger partial charge in [-0.2, -0.15) is 0 Å². The lowest BCUT2D eigenvalue weighted by Gasteiger charge is -2.26. The molecule has 0 radical (unpaired) electrons. The van der Waals surface area contributed by atoms with Gasteiger partial charge in [0.05, 0.1) is 13.2 Å². The largest absolute Gasteiger partial charge is 0.480 e. The van der Waals surface area contributed by atoms with Crippen LogP contribution < -0.4 is 11.1 Å². The van der Waals surface area contributed by atoms with Crippen LogP contribution >= 0.6 is 0 Å². The number of nitrogens with two attached hydrogens (primary N) is 1. The zero-order valence-corrected chi connectivity index (χ0v) is 11.1. The molecule has 0 bridgehead atoms. The van der Waals surface area contributed by atoms with Crippen LogP contribution in [-0.2, 0) is 14.3 Å². The van der Waals surface area contributed by atoms with E-state index in [4.69, 9.17) is 15.6 Å². The van der Waals surface area contributed by atoms with Gasteiger partial charge in [-0.25, -0.2) is 0 Å².